The molecule has 2 unspecified atom stereocenters. The Bertz CT molecular complexity index is 539. The summed E-state index contributed by atoms with van der Waals surface area (Å²) in [6.45, 7) is 0.741. The summed E-state index contributed by atoms with van der Waals surface area (Å²) in [5.41, 5.74) is 6.22. The van der Waals surface area contributed by atoms with Gasteiger partial charge in [-0.3, -0.25) is 4.79 Å². The minimum absolute atomic E-state index is 0. The summed E-state index contributed by atoms with van der Waals surface area (Å²) in [4.78, 5) is 12.3. The zero-order valence-electron chi connectivity index (χ0n) is 11.4. The van der Waals surface area contributed by atoms with E-state index in [4.69, 9.17) is 26.8 Å². The van der Waals surface area contributed by atoms with Crippen molar-refractivity contribution in [3.05, 3.63) is 22.7 Å². The van der Waals surface area contributed by atoms with E-state index in [1.54, 1.807) is 12.1 Å². The molecule has 116 valence electrons. The molecule has 1 amide bonds. The number of carbonyl (C=O) groups is 1. The number of amides is 1. The van der Waals surface area contributed by atoms with Crippen molar-refractivity contribution in [2.24, 2.45) is 11.7 Å². The molecule has 1 fully saturated rings. The second-order valence-electron chi connectivity index (χ2n) is 5.20. The molecule has 3 rings (SSSR count). The normalized spacial score (nSPS) is 22.8. The second-order valence-corrected chi connectivity index (χ2v) is 5.61. The van der Waals surface area contributed by atoms with E-state index in [1.165, 1.54) is 0 Å². The van der Waals surface area contributed by atoms with Crippen molar-refractivity contribution in [3.8, 4) is 11.5 Å². The topological polar surface area (TPSA) is 73.6 Å². The lowest BCUT2D eigenvalue weighted by atomic mass is 10.0. The lowest BCUT2D eigenvalue weighted by molar-refractivity contribution is 0.0928. The van der Waals surface area contributed by atoms with Crippen LogP contribution in [-0.2, 0) is 0 Å². The Balaban J connectivity index is 0.00000161. The van der Waals surface area contributed by atoms with Crippen LogP contribution in [0.3, 0.4) is 0 Å². The van der Waals surface area contributed by atoms with Crippen molar-refractivity contribution in [3.63, 3.8) is 0 Å². The van der Waals surface area contributed by atoms with Crippen LogP contribution in [0.2, 0.25) is 5.02 Å². The maximum atomic E-state index is 12.3. The molecule has 0 radical (unpaired) electrons. The number of fused-ring (bicyclic) bond motifs is 1. The predicted octanol–water partition coefficient (Wildman–Crippen LogP) is 2.35. The van der Waals surface area contributed by atoms with Gasteiger partial charge in [-0.1, -0.05) is 18.0 Å². The summed E-state index contributed by atoms with van der Waals surface area (Å²) in [6.07, 6.45) is 3.16. The number of carbonyl (C=O) groups excluding carboxylic acids is 1. The van der Waals surface area contributed by atoms with E-state index in [2.05, 4.69) is 5.32 Å². The van der Waals surface area contributed by atoms with E-state index in [0.29, 0.717) is 34.5 Å². The number of ether oxygens (including phenoxy) is 2. The van der Waals surface area contributed by atoms with Gasteiger partial charge in [-0.05, 0) is 37.4 Å². The Labute approximate surface area is 134 Å². The van der Waals surface area contributed by atoms with Gasteiger partial charge in [0.05, 0.1) is 5.02 Å². The summed E-state index contributed by atoms with van der Waals surface area (Å²) in [5, 5.41) is 3.44. The highest BCUT2D eigenvalue weighted by atomic mass is 35.5. The summed E-state index contributed by atoms with van der Waals surface area (Å²) in [5.74, 6) is 1.24. The third-order valence-corrected chi connectivity index (χ3v) is 4.25. The molecule has 3 N–H and O–H groups in total. The van der Waals surface area contributed by atoms with Crippen LogP contribution in [0.4, 0.5) is 0 Å². The minimum Gasteiger partial charge on any atom is -0.454 e. The Morgan fingerprint density at radius 3 is 2.95 bits per heavy atom. The second kappa shape index (κ2) is 6.73. The van der Waals surface area contributed by atoms with Gasteiger partial charge in [0.1, 0.15) is 0 Å². The Kier molecular flexibility index (Phi) is 5.19. The average Bonchev–Trinajstić information content (AvgIpc) is 3.06. The van der Waals surface area contributed by atoms with E-state index in [0.717, 1.165) is 19.3 Å². The van der Waals surface area contributed by atoms with Gasteiger partial charge in [-0.15, -0.1) is 12.4 Å². The minimum atomic E-state index is -0.143. The van der Waals surface area contributed by atoms with Gasteiger partial charge in [0.2, 0.25) is 6.79 Å². The Morgan fingerprint density at radius 2 is 2.19 bits per heavy atom. The van der Waals surface area contributed by atoms with Crippen molar-refractivity contribution >= 4 is 29.9 Å². The smallest absolute Gasteiger partial charge is 0.251 e. The first-order valence-electron chi connectivity index (χ1n) is 6.79. The number of hydrogen-bond acceptors (Lipinski definition) is 4. The first-order valence-corrected chi connectivity index (χ1v) is 7.17. The summed E-state index contributed by atoms with van der Waals surface area (Å²) >= 11 is 6.09. The van der Waals surface area contributed by atoms with E-state index in [1.807, 2.05) is 0 Å². The molecule has 1 heterocycles. The van der Waals surface area contributed by atoms with E-state index >= 15 is 0 Å². The molecule has 2 aliphatic rings. The molecule has 1 aliphatic carbocycles. The van der Waals surface area contributed by atoms with Crippen molar-refractivity contribution in [1.82, 2.24) is 5.32 Å². The quantitative estimate of drug-likeness (QED) is 0.891. The van der Waals surface area contributed by atoms with Gasteiger partial charge in [-0.2, -0.15) is 0 Å². The van der Waals surface area contributed by atoms with Crippen molar-refractivity contribution in [1.29, 1.82) is 0 Å². The van der Waals surface area contributed by atoms with Gasteiger partial charge < -0.3 is 20.5 Å². The van der Waals surface area contributed by atoms with E-state index < -0.39 is 0 Å². The molecule has 21 heavy (non-hydrogen) atoms. The standard InChI is InChI=1S/C14H17ClN2O3.ClH/c15-10-4-9(5-12-13(10)20-7-19-12)14(18)17-11-3-1-2-8(11)6-16;/h4-5,8,11H,1-3,6-7,16H2,(H,17,18);1H. The monoisotopic (exact) mass is 332 g/mol. The SMILES string of the molecule is Cl.NCC1CCCC1NC(=O)c1cc(Cl)c2c(c1)OCO2. The molecule has 1 aliphatic heterocycles. The third-order valence-electron chi connectivity index (χ3n) is 3.97. The van der Waals surface area contributed by atoms with Gasteiger partial charge >= 0.3 is 0 Å². The van der Waals surface area contributed by atoms with Gasteiger partial charge in [0.15, 0.2) is 11.5 Å². The predicted molar refractivity (Wildman–Crippen MR) is 82.5 cm³/mol. The van der Waals surface area contributed by atoms with Crippen molar-refractivity contribution in [2.45, 2.75) is 25.3 Å². The van der Waals surface area contributed by atoms with Crippen LogP contribution in [-0.4, -0.2) is 25.3 Å². The fraction of sp³-hybridized carbons (Fsp3) is 0.500. The molecule has 1 aromatic rings. The van der Waals surface area contributed by atoms with Crippen LogP contribution >= 0.6 is 24.0 Å². The maximum absolute atomic E-state index is 12.3. The van der Waals surface area contributed by atoms with E-state index in [-0.39, 0.29) is 31.1 Å². The van der Waals surface area contributed by atoms with Crippen LogP contribution in [0.5, 0.6) is 11.5 Å². The molecular weight excluding hydrogens is 315 g/mol. The lowest BCUT2D eigenvalue weighted by Gasteiger charge is -2.19. The van der Waals surface area contributed by atoms with Crippen LogP contribution in [0.1, 0.15) is 29.6 Å². The van der Waals surface area contributed by atoms with Crippen LogP contribution in [0, 0.1) is 5.92 Å². The number of halogens is 2. The maximum Gasteiger partial charge on any atom is 0.251 e. The molecule has 7 heteroatoms. The fourth-order valence-corrected chi connectivity index (χ4v) is 3.12. The zero-order chi connectivity index (χ0) is 14.1. The Hall–Kier alpha value is -1.17. The number of nitrogens with one attached hydrogen (secondary N) is 1. The molecule has 0 aromatic heterocycles. The highest BCUT2D eigenvalue weighted by Gasteiger charge is 2.28. The van der Waals surface area contributed by atoms with Gasteiger partial charge in [0, 0.05) is 11.6 Å². The summed E-state index contributed by atoms with van der Waals surface area (Å²) < 4.78 is 10.5. The number of hydrogen-bond donors (Lipinski definition) is 2. The lowest BCUT2D eigenvalue weighted by Crippen LogP contribution is -2.39. The zero-order valence-corrected chi connectivity index (χ0v) is 13.0. The van der Waals surface area contributed by atoms with E-state index in [9.17, 15) is 4.79 Å². The molecule has 1 saturated carbocycles. The molecule has 0 saturated heterocycles. The largest absolute Gasteiger partial charge is 0.454 e. The number of rotatable bonds is 3. The Morgan fingerprint density at radius 1 is 1.38 bits per heavy atom. The molecule has 1 aromatic carbocycles. The fourth-order valence-electron chi connectivity index (χ4n) is 2.86. The van der Waals surface area contributed by atoms with Crippen LogP contribution in [0.15, 0.2) is 12.1 Å². The molecular formula is C14H18Cl2N2O3. The molecule has 5 nitrogen and oxygen atoms in total. The molecule has 0 bridgehead atoms. The number of benzene rings is 1. The van der Waals surface area contributed by atoms with Gasteiger partial charge in [0.25, 0.3) is 5.91 Å². The molecule has 2 atom stereocenters. The highest BCUT2D eigenvalue weighted by molar-refractivity contribution is 6.32. The number of nitrogens with two attached hydrogens (primary N) is 1. The average molecular weight is 333 g/mol. The van der Waals surface area contributed by atoms with Crippen LogP contribution in [0.25, 0.3) is 0 Å². The summed E-state index contributed by atoms with van der Waals surface area (Å²) in [6, 6.07) is 3.42. The van der Waals surface area contributed by atoms with Gasteiger partial charge in [-0.25, -0.2) is 0 Å². The first-order chi connectivity index (χ1) is 9.69. The molecule has 0 spiro atoms. The van der Waals surface area contributed by atoms with Crippen molar-refractivity contribution < 1.29 is 14.3 Å². The summed E-state index contributed by atoms with van der Waals surface area (Å²) in [7, 11) is 0. The highest BCUT2D eigenvalue weighted by Crippen LogP contribution is 2.39. The first kappa shape index (κ1) is 16.2. The van der Waals surface area contributed by atoms with Crippen molar-refractivity contribution in [2.75, 3.05) is 13.3 Å². The van der Waals surface area contributed by atoms with Crippen LogP contribution < -0.4 is 20.5 Å². The third kappa shape index (κ3) is 3.20.